The first-order chi connectivity index (χ1) is 9.78. The fourth-order valence-corrected chi connectivity index (χ4v) is 2.00. The van der Waals surface area contributed by atoms with Crippen LogP contribution < -0.4 is 10.1 Å². The van der Waals surface area contributed by atoms with Crippen LogP contribution in [-0.4, -0.2) is 43.4 Å². The molecule has 8 heteroatoms. The van der Waals surface area contributed by atoms with Gasteiger partial charge in [0.2, 0.25) is 0 Å². The molecule has 0 bridgehead atoms. The Morgan fingerprint density at radius 3 is 2.10 bits per heavy atom. The molecule has 0 atom stereocenters. The normalized spacial score (nSPS) is 17.8. The zero-order chi connectivity index (χ0) is 15.5. The molecule has 1 N–H and O–H groups in total. The van der Waals surface area contributed by atoms with E-state index in [2.05, 4.69) is 15.0 Å². The first kappa shape index (κ1) is 16.0. The van der Waals surface area contributed by atoms with E-state index in [1.807, 2.05) is 0 Å². The zero-order valence-corrected chi connectivity index (χ0v) is 11.1. The van der Waals surface area contributed by atoms with Crippen LogP contribution in [0.4, 0.5) is 22.0 Å². The Morgan fingerprint density at radius 2 is 1.57 bits per heavy atom. The summed E-state index contributed by atoms with van der Waals surface area (Å²) in [6, 6.07) is 5.22. The van der Waals surface area contributed by atoms with E-state index in [4.69, 9.17) is 0 Å². The van der Waals surface area contributed by atoms with Crippen molar-refractivity contribution in [2.45, 2.75) is 18.8 Å². The Bertz CT molecular complexity index is 455. The van der Waals surface area contributed by atoms with Gasteiger partial charge in [-0.2, -0.15) is 22.0 Å². The van der Waals surface area contributed by atoms with Crippen molar-refractivity contribution in [2.75, 3.05) is 26.2 Å². The van der Waals surface area contributed by atoms with E-state index in [1.54, 1.807) is 0 Å². The minimum atomic E-state index is -5.73. The Balaban J connectivity index is 1.95. The molecular formula is C13H15F5N2O. The summed E-state index contributed by atoms with van der Waals surface area (Å²) in [6.07, 6.45) is -10.9. The van der Waals surface area contributed by atoms with E-state index in [1.165, 1.54) is 12.1 Å². The molecule has 0 amide bonds. The highest BCUT2D eigenvalue weighted by Gasteiger charge is 2.61. The van der Waals surface area contributed by atoms with Crippen molar-refractivity contribution in [1.29, 1.82) is 0 Å². The second-order valence-electron chi connectivity index (χ2n) is 4.79. The van der Waals surface area contributed by atoms with Gasteiger partial charge in [0, 0.05) is 32.7 Å². The lowest BCUT2D eigenvalue weighted by atomic mass is 10.2. The van der Waals surface area contributed by atoms with Crippen molar-refractivity contribution < 1.29 is 26.7 Å². The third-order valence-corrected chi connectivity index (χ3v) is 3.12. The van der Waals surface area contributed by atoms with Crippen molar-refractivity contribution in [3.63, 3.8) is 0 Å². The summed E-state index contributed by atoms with van der Waals surface area (Å²) < 4.78 is 65.2. The number of hydrogen-bond acceptors (Lipinski definition) is 3. The van der Waals surface area contributed by atoms with Crippen LogP contribution in [0.2, 0.25) is 0 Å². The molecule has 1 aliphatic heterocycles. The predicted molar refractivity (Wildman–Crippen MR) is 66.2 cm³/mol. The largest absolute Gasteiger partial charge is 0.499 e. The van der Waals surface area contributed by atoms with E-state index in [0.29, 0.717) is 6.54 Å². The van der Waals surface area contributed by atoms with Crippen molar-refractivity contribution in [1.82, 2.24) is 10.2 Å². The molecule has 0 aliphatic carbocycles. The maximum atomic E-state index is 12.7. The van der Waals surface area contributed by atoms with Gasteiger partial charge < -0.3 is 10.1 Å². The van der Waals surface area contributed by atoms with Crippen molar-refractivity contribution >= 4 is 0 Å². The van der Waals surface area contributed by atoms with Gasteiger partial charge in [0.05, 0.1) is 0 Å². The molecule has 1 aromatic rings. The standard InChI is InChI=1S/C13H15F5N2O/c14-12(15,16)13(17,18)21-11-3-1-10(2-4-11)9-20-7-5-19-6-8-20/h1-4,19H,5-9H2. The molecule has 1 aliphatic rings. The Kier molecular flexibility index (Phi) is 4.67. The van der Waals surface area contributed by atoms with E-state index in [9.17, 15) is 22.0 Å². The quantitative estimate of drug-likeness (QED) is 0.865. The Hall–Kier alpha value is -1.41. The summed E-state index contributed by atoms with van der Waals surface area (Å²) >= 11 is 0. The van der Waals surface area contributed by atoms with Gasteiger partial charge in [-0.15, -0.1) is 0 Å². The van der Waals surface area contributed by atoms with Crippen LogP contribution in [0.1, 0.15) is 5.56 Å². The number of halogens is 5. The van der Waals surface area contributed by atoms with Gasteiger partial charge in [-0.3, -0.25) is 4.90 Å². The molecule has 0 aromatic heterocycles. The van der Waals surface area contributed by atoms with Crippen molar-refractivity contribution in [2.24, 2.45) is 0 Å². The summed E-state index contributed by atoms with van der Waals surface area (Å²) in [5.41, 5.74) is 0.833. The second-order valence-corrected chi connectivity index (χ2v) is 4.79. The molecule has 118 valence electrons. The lowest BCUT2D eigenvalue weighted by Gasteiger charge is -2.27. The molecule has 1 aromatic carbocycles. The minimum Gasteiger partial charge on any atom is -0.426 e. The number of ether oxygens (including phenoxy) is 1. The maximum Gasteiger partial charge on any atom is 0.499 e. The van der Waals surface area contributed by atoms with Gasteiger partial charge >= 0.3 is 12.3 Å². The zero-order valence-electron chi connectivity index (χ0n) is 11.1. The SMILES string of the molecule is FC(F)(F)C(F)(F)Oc1ccc(CN2CCNCC2)cc1. The fraction of sp³-hybridized carbons (Fsp3) is 0.538. The summed E-state index contributed by atoms with van der Waals surface area (Å²) in [5, 5.41) is 3.20. The smallest absolute Gasteiger partial charge is 0.426 e. The van der Waals surface area contributed by atoms with E-state index in [-0.39, 0.29) is 0 Å². The highest BCUT2D eigenvalue weighted by molar-refractivity contribution is 5.27. The molecule has 1 heterocycles. The van der Waals surface area contributed by atoms with Crippen LogP contribution in [0.3, 0.4) is 0 Å². The third kappa shape index (κ3) is 4.28. The number of piperazine rings is 1. The molecule has 2 rings (SSSR count). The van der Waals surface area contributed by atoms with Crippen LogP contribution in [0.5, 0.6) is 5.75 Å². The number of benzene rings is 1. The first-order valence-electron chi connectivity index (χ1n) is 6.43. The third-order valence-electron chi connectivity index (χ3n) is 3.12. The molecule has 3 nitrogen and oxygen atoms in total. The molecule has 0 saturated carbocycles. The van der Waals surface area contributed by atoms with Gasteiger partial charge in [0.15, 0.2) is 0 Å². The van der Waals surface area contributed by atoms with Crippen LogP contribution in [0, 0.1) is 0 Å². The fourth-order valence-electron chi connectivity index (χ4n) is 2.00. The van der Waals surface area contributed by atoms with E-state index < -0.39 is 18.0 Å². The summed E-state index contributed by atoms with van der Waals surface area (Å²) in [6.45, 7) is 4.10. The maximum absolute atomic E-state index is 12.7. The topological polar surface area (TPSA) is 24.5 Å². The van der Waals surface area contributed by atoms with Crippen LogP contribution in [0.15, 0.2) is 24.3 Å². The molecule has 0 spiro atoms. The van der Waals surface area contributed by atoms with Gasteiger partial charge in [-0.05, 0) is 17.7 Å². The minimum absolute atomic E-state index is 0.513. The Morgan fingerprint density at radius 1 is 1.00 bits per heavy atom. The number of rotatable bonds is 4. The molecule has 0 unspecified atom stereocenters. The predicted octanol–water partition coefficient (Wildman–Crippen LogP) is 2.63. The molecule has 21 heavy (non-hydrogen) atoms. The lowest BCUT2D eigenvalue weighted by molar-refractivity contribution is -0.360. The molecule has 0 radical (unpaired) electrons. The van der Waals surface area contributed by atoms with Crippen molar-refractivity contribution in [3.05, 3.63) is 29.8 Å². The molecule has 1 saturated heterocycles. The lowest BCUT2D eigenvalue weighted by Crippen LogP contribution is -2.42. The Labute approximate surface area is 118 Å². The van der Waals surface area contributed by atoms with Crippen molar-refractivity contribution in [3.8, 4) is 5.75 Å². The van der Waals surface area contributed by atoms with Crippen LogP contribution in [0.25, 0.3) is 0 Å². The van der Waals surface area contributed by atoms with Crippen LogP contribution >= 0.6 is 0 Å². The number of hydrogen-bond donors (Lipinski definition) is 1. The molecule has 1 fully saturated rings. The molecular weight excluding hydrogens is 295 g/mol. The van der Waals surface area contributed by atoms with Crippen LogP contribution in [-0.2, 0) is 6.54 Å². The number of nitrogens with one attached hydrogen (secondary N) is 1. The number of alkyl halides is 5. The highest BCUT2D eigenvalue weighted by atomic mass is 19.4. The first-order valence-corrected chi connectivity index (χ1v) is 6.43. The summed E-state index contributed by atoms with van der Waals surface area (Å²) in [4.78, 5) is 2.16. The van der Waals surface area contributed by atoms with E-state index in [0.717, 1.165) is 43.9 Å². The highest BCUT2D eigenvalue weighted by Crippen LogP contribution is 2.37. The van der Waals surface area contributed by atoms with E-state index >= 15 is 0 Å². The summed E-state index contributed by atoms with van der Waals surface area (Å²) in [7, 11) is 0. The van der Waals surface area contributed by atoms with Gasteiger partial charge in [0.1, 0.15) is 5.75 Å². The summed E-state index contributed by atoms with van der Waals surface area (Å²) in [5.74, 6) is -0.513. The average molecular weight is 310 g/mol. The van der Waals surface area contributed by atoms with Gasteiger partial charge in [0.25, 0.3) is 0 Å². The monoisotopic (exact) mass is 310 g/mol. The van der Waals surface area contributed by atoms with Gasteiger partial charge in [-0.1, -0.05) is 12.1 Å². The average Bonchev–Trinajstić information content (AvgIpc) is 2.41. The second kappa shape index (κ2) is 6.15. The number of nitrogens with zero attached hydrogens (tertiary/aromatic N) is 1. The van der Waals surface area contributed by atoms with Gasteiger partial charge in [-0.25, -0.2) is 0 Å².